The number of rotatable bonds is 16. The smallest absolute Gasteiger partial charge is 0.319 e. The van der Waals surface area contributed by atoms with E-state index >= 15 is 0 Å². The van der Waals surface area contributed by atoms with Crippen molar-refractivity contribution in [3.8, 4) is 0 Å². The SMILES string of the molecule is C[N+](C)(C)CCCCNC(=O)Nc1ccc(NC(=O)c2ccc(C(=O)Nc3ccc(NC(=O)NCCCC[N+](C)(C)C)cc3)cc2)cc1. The van der Waals surface area contributed by atoms with Crippen molar-refractivity contribution in [2.45, 2.75) is 25.7 Å². The second kappa shape index (κ2) is 17.8. The highest BCUT2D eigenvalue weighted by Gasteiger charge is 2.12. The lowest BCUT2D eigenvalue weighted by atomic mass is 10.1. The first-order valence-electron chi connectivity index (χ1n) is 16.3. The molecule has 48 heavy (non-hydrogen) atoms. The molecule has 6 amide bonds. The van der Waals surface area contributed by atoms with Gasteiger partial charge in [0.1, 0.15) is 0 Å². The van der Waals surface area contributed by atoms with Gasteiger partial charge in [-0.05, 0) is 98.5 Å². The molecule has 0 atom stereocenters. The van der Waals surface area contributed by atoms with Crippen molar-refractivity contribution < 1.29 is 28.1 Å². The van der Waals surface area contributed by atoms with Gasteiger partial charge < -0.3 is 40.9 Å². The molecule has 0 aliphatic heterocycles. The second-order valence-corrected chi connectivity index (χ2v) is 13.8. The van der Waals surface area contributed by atoms with Gasteiger partial charge in [-0.3, -0.25) is 9.59 Å². The Morgan fingerprint density at radius 1 is 0.438 bits per heavy atom. The van der Waals surface area contributed by atoms with E-state index in [0.717, 1.165) is 47.7 Å². The highest BCUT2D eigenvalue weighted by molar-refractivity contribution is 6.07. The van der Waals surface area contributed by atoms with Crippen LogP contribution in [-0.2, 0) is 0 Å². The maximum atomic E-state index is 12.8. The van der Waals surface area contributed by atoms with Gasteiger partial charge in [0.2, 0.25) is 0 Å². The summed E-state index contributed by atoms with van der Waals surface area (Å²) in [4.78, 5) is 49.9. The minimum absolute atomic E-state index is 0.271. The highest BCUT2D eigenvalue weighted by atomic mass is 16.2. The molecule has 0 saturated carbocycles. The maximum absolute atomic E-state index is 12.8. The molecule has 3 rings (SSSR count). The Morgan fingerprint density at radius 2 is 0.729 bits per heavy atom. The fraction of sp³-hybridized carbons (Fsp3) is 0.389. The van der Waals surface area contributed by atoms with Gasteiger partial charge >= 0.3 is 12.1 Å². The average Bonchev–Trinajstić information content (AvgIpc) is 3.01. The Balaban J connectivity index is 1.39. The van der Waals surface area contributed by atoms with Crippen molar-refractivity contribution in [3.63, 3.8) is 0 Å². The van der Waals surface area contributed by atoms with E-state index in [0.29, 0.717) is 47.0 Å². The van der Waals surface area contributed by atoms with Gasteiger partial charge in [-0.2, -0.15) is 0 Å². The van der Waals surface area contributed by atoms with Crippen LogP contribution in [0.2, 0.25) is 0 Å². The Kier molecular flexibility index (Phi) is 13.9. The number of carbonyl (C=O) groups is 4. The van der Waals surface area contributed by atoms with E-state index in [1.165, 1.54) is 0 Å². The molecule has 0 radical (unpaired) electrons. The maximum Gasteiger partial charge on any atom is 0.319 e. The average molecular weight is 661 g/mol. The van der Waals surface area contributed by atoms with Crippen LogP contribution in [0.3, 0.4) is 0 Å². The molecular weight excluding hydrogens is 608 g/mol. The highest BCUT2D eigenvalue weighted by Crippen LogP contribution is 2.17. The molecule has 3 aromatic carbocycles. The van der Waals surface area contributed by atoms with Crippen molar-refractivity contribution in [1.82, 2.24) is 10.6 Å². The molecule has 12 heteroatoms. The lowest BCUT2D eigenvalue weighted by molar-refractivity contribution is -0.870. The molecule has 0 aliphatic carbocycles. The fourth-order valence-electron chi connectivity index (χ4n) is 4.63. The van der Waals surface area contributed by atoms with Crippen LogP contribution in [0, 0.1) is 0 Å². The Morgan fingerprint density at radius 3 is 1.02 bits per heavy atom. The third-order valence-electron chi connectivity index (χ3n) is 7.29. The zero-order valence-electron chi connectivity index (χ0n) is 29.1. The summed E-state index contributed by atoms with van der Waals surface area (Å²) < 4.78 is 1.79. The number of unbranched alkanes of at least 4 members (excludes halogenated alkanes) is 2. The Labute approximate surface area is 284 Å². The van der Waals surface area contributed by atoms with Crippen molar-refractivity contribution in [2.75, 3.05) is 89.7 Å². The number of amides is 6. The van der Waals surface area contributed by atoms with E-state index in [1.54, 1.807) is 72.8 Å². The first-order valence-corrected chi connectivity index (χ1v) is 16.3. The topological polar surface area (TPSA) is 140 Å². The molecule has 0 bridgehead atoms. The standard InChI is InChI=1S/C36H50N8O4/c1-43(2,3)25-9-7-23-37-35(47)41-31-19-15-29(16-20-31)39-33(45)27-11-13-28(14-12-27)34(46)40-30-17-21-32(22-18-30)42-36(48)38-24-8-10-26-44(4,5)6/h11-22H,7-10,23-26H2,1-6H3,(H4-2,37,38,39,40,41,42,45,46,47,48)/p+2. The summed E-state index contributed by atoms with van der Waals surface area (Å²) in [6, 6.07) is 19.5. The number of nitrogens with zero attached hydrogens (tertiary/aromatic N) is 2. The normalized spacial score (nSPS) is 11.3. The quantitative estimate of drug-likeness (QED) is 0.0904. The van der Waals surface area contributed by atoms with Crippen molar-refractivity contribution in [1.29, 1.82) is 0 Å². The zero-order chi connectivity index (χ0) is 35.2. The number of nitrogens with one attached hydrogen (secondary N) is 6. The Hall–Kier alpha value is -4.94. The second-order valence-electron chi connectivity index (χ2n) is 13.8. The molecule has 0 aliphatic rings. The number of benzene rings is 3. The zero-order valence-corrected chi connectivity index (χ0v) is 29.1. The van der Waals surface area contributed by atoms with Crippen LogP contribution in [-0.4, -0.2) is 101 Å². The van der Waals surface area contributed by atoms with Crippen LogP contribution in [0.15, 0.2) is 72.8 Å². The van der Waals surface area contributed by atoms with E-state index in [9.17, 15) is 19.2 Å². The minimum atomic E-state index is -0.328. The lowest BCUT2D eigenvalue weighted by Crippen LogP contribution is -2.36. The van der Waals surface area contributed by atoms with E-state index in [2.05, 4.69) is 74.2 Å². The Bertz CT molecular complexity index is 1380. The molecule has 0 aromatic heterocycles. The molecule has 3 aromatic rings. The van der Waals surface area contributed by atoms with Crippen LogP contribution in [0.25, 0.3) is 0 Å². The minimum Gasteiger partial charge on any atom is -0.338 e. The van der Waals surface area contributed by atoms with Gasteiger partial charge in [-0.1, -0.05) is 0 Å². The monoisotopic (exact) mass is 660 g/mol. The molecule has 0 heterocycles. The van der Waals surface area contributed by atoms with Crippen LogP contribution in [0.4, 0.5) is 32.3 Å². The van der Waals surface area contributed by atoms with Gasteiger partial charge in [0.15, 0.2) is 0 Å². The van der Waals surface area contributed by atoms with Crippen LogP contribution >= 0.6 is 0 Å². The number of carbonyl (C=O) groups excluding carboxylic acids is 4. The summed E-state index contributed by atoms with van der Waals surface area (Å²) in [6.45, 7) is 3.30. The van der Waals surface area contributed by atoms with E-state index in [1.807, 2.05) is 0 Å². The largest absolute Gasteiger partial charge is 0.338 e. The molecule has 6 N–H and O–H groups in total. The van der Waals surface area contributed by atoms with Crippen molar-refractivity contribution in [2.24, 2.45) is 0 Å². The summed E-state index contributed by atoms with van der Waals surface area (Å²) in [5.41, 5.74) is 3.14. The molecule has 0 fully saturated rings. The van der Waals surface area contributed by atoms with Crippen LogP contribution in [0.5, 0.6) is 0 Å². The first-order chi connectivity index (χ1) is 22.7. The predicted molar refractivity (Wildman–Crippen MR) is 194 cm³/mol. The van der Waals surface area contributed by atoms with E-state index in [4.69, 9.17) is 0 Å². The van der Waals surface area contributed by atoms with E-state index < -0.39 is 0 Å². The summed E-state index contributed by atoms with van der Waals surface area (Å²) in [7, 11) is 12.9. The van der Waals surface area contributed by atoms with Gasteiger partial charge in [0, 0.05) is 47.0 Å². The molecule has 0 saturated heterocycles. The number of urea groups is 2. The van der Waals surface area contributed by atoms with Gasteiger partial charge in [-0.25, -0.2) is 9.59 Å². The van der Waals surface area contributed by atoms with Crippen LogP contribution < -0.4 is 31.9 Å². The number of hydrogen-bond acceptors (Lipinski definition) is 4. The summed E-state index contributed by atoms with van der Waals surface area (Å²) >= 11 is 0. The lowest BCUT2D eigenvalue weighted by Gasteiger charge is -2.23. The van der Waals surface area contributed by atoms with Gasteiger partial charge in [0.05, 0.1) is 55.4 Å². The van der Waals surface area contributed by atoms with Gasteiger partial charge in [-0.15, -0.1) is 0 Å². The fourth-order valence-corrected chi connectivity index (χ4v) is 4.63. The molecule has 258 valence electrons. The van der Waals surface area contributed by atoms with Crippen molar-refractivity contribution >= 4 is 46.6 Å². The first kappa shape index (κ1) is 37.5. The third kappa shape index (κ3) is 14.7. The molecule has 0 spiro atoms. The van der Waals surface area contributed by atoms with Crippen molar-refractivity contribution in [3.05, 3.63) is 83.9 Å². The van der Waals surface area contributed by atoms with E-state index in [-0.39, 0.29) is 23.9 Å². The molecule has 0 unspecified atom stereocenters. The van der Waals surface area contributed by atoms with Crippen LogP contribution in [0.1, 0.15) is 46.4 Å². The summed E-state index contributed by atoms with van der Waals surface area (Å²) in [6.07, 6.45) is 3.88. The number of quaternary nitrogens is 2. The number of anilines is 4. The molecular formula is C36H52N8O4+2. The summed E-state index contributed by atoms with van der Waals surface area (Å²) in [5.74, 6) is -0.656. The van der Waals surface area contributed by atoms with Gasteiger partial charge in [0.25, 0.3) is 11.8 Å². The summed E-state index contributed by atoms with van der Waals surface area (Å²) in [5, 5.41) is 17.0. The molecule has 12 nitrogen and oxygen atoms in total. The predicted octanol–water partition coefficient (Wildman–Crippen LogP) is 5.41. The third-order valence-corrected chi connectivity index (χ3v) is 7.29. The number of hydrogen-bond donors (Lipinski definition) is 6.